The van der Waals surface area contributed by atoms with Crippen LogP contribution in [0.25, 0.3) is 0 Å². The number of hydrogen-bond acceptors (Lipinski definition) is 2. The van der Waals surface area contributed by atoms with Crippen molar-refractivity contribution in [3.63, 3.8) is 0 Å². The van der Waals surface area contributed by atoms with Crippen LogP contribution in [0.5, 0.6) is 0 Å². The first kappa shape index (κ1) is 13.1. The van der Waals surface area contributed by atoms with Crippen LogP contribution in [0.4, 0.5) is 0 Å². The van der Waals surface area contributed by atoms with Crippen LogP contribution in [0.15, 0.2) is 18.3 Å². The van der Waals surface area contributed by atoms with E-state index in [1.54, 1.807) is 0 Å². The van der Waals surface area contributed by atoms with Crippen LogP contribution >= 0.6 is 0 Å². The Morgan fingerprint density at radius 1 is 1.26 bits per heavy atom. The number of aliphatic hydroxyl groups excluding tert-OH is 1. The molecule has 2 heteroatoms. The molecule has 2 unspecified atom stereocenters. The molecule has 0 aliphatic heterocycles. The maximum absolute atomic E-state index is 10.7. The summed E-state index contributed by atoms with van der Waals surface area (Å²) < 4.78 is 0. The van der Waals surface area contributed by atoms with E-state index in [1.165, 1.54) is 43.4 Å². The van der Waals surface area contributed by atoms with Crippen LogP contribution in [-0.4, -0.2) is 16.2 Å². The molecule has 1 saturated carbocycles. The molecule has 1 fully saturated rings. The van der Waals surface area contributed by atoms with Gasteiger partial charge in [0.2, 0.25) is 0 Å². The molecule has 1 N–H and O–H groups in total. The first-order chi connectivity index (χ1) is 9.29. The molecule has 1 aromatic rings. The van der Waals surface area contributed by atoms with Gasteiger partial charge in [0.25, 0.3) is 0 Å². The van der Waals surface area contributed by atoms with E-state index in [-0.39, 0.29) is 6.10 Å². The van der Waals surface area contributed by atoms with Gasteiger partial charge in [-0.15, -0.1) is 0 Å². The molecule has 0 saturated heterocycles. The molecule has 2 aliphatic carbocycles. The van der Waals surface area contributed by atoms with Crippen molar-refractivity contribution in [2.75, 3.05) is 0 Å². The van der Waals surface area contributed by atoms with Crippen LogP contribution < -0.4 is 0 Å². The number of hydrogen-bond donors (Lipinski definition) is 1. The summed E-state index contributed by atoms with van der Waals surface area (Å²) in [6, 6.07) is 4.18. The number of aromatic nitrogens is 1. The average Bonchev–Trinajstić information content (AvgIpc) is 2.90. The van der Waals surface area contributed by atoms with Gasteiger partial charge in [-0.3, -0.25) is 4.98 Å². The standard InChI is InChI=1S/C17H25NO/c1-2-12-5-7-14(8-6-12)17(19)15-10-9-13-4-3-11-18-16(13)15/h3-4,11-12,14-15,17,19H,2,5-10H2,1H3. The molecular formula is C17H25NO. The Hall–Kier alpha value is -0.890. The van der Waals surface area contributed by atoms with Crippen molar-refractivity contribution in [1.82, 2.24) is 4.98 Å². The van der Waals surface area contributed by atoms with Crippen LogP contribution in [0.2, 0.25) is 0 Å². The Labute approximate surface area is 116 Å². The Morgan fingerprint density at radius 2 is 2.05 bits per heavy atom. The van der Waals surface area contributed by atoms with Gasteiger partial charge >= 0.3 is 0 Å². The van der Waals surface area contributed by atoms with Crippen molar-refractivity contribution in [3.8, 4) is 0 Å². The predicted molar refractivity (Wildman–Crippen MR) is 77.0 cm³/mol. The van der Waals surface area contributed by atoms with E-state index < -0.39 is 0 Å². The molecule has 0 radical (unpaired) electrons. The quantitative estimate of drug-likeness (QED) is 0.898. The van der Waals surface area contributed by atoms with Gasteiger partial charge in [0.1, 0.15) is 0 Å². The highest BCUT2D eigenvalue weighted by atomic mass is 16.3. The zero-order chi connectivity index (χ0) is 13.2. The molecule has 2 nitrogen and oxygen atoms in total. The van der Waals surface area contributed by atoms with E-state index in [1.807, 2.05) is 12.3 Å². The third-order valence-corrected chi connectivity index (χ3v) is 5.37. The lowest BCUT2D eigenvalue weighted by Crippen LogP contribution is -2.30. The number of fused-ring (bicyclic) bond motifs is 1. The fourth-order valence-electron chi connectivity index (χ4n) is 4.04. The zero-order valence-corrected chi connectivity index (χ0v) is 11.9. The van der Waals surface area contributed by atoms with E-state index in [4.69, 9.17) is 0 Å². The summed E-state index contributed by atoms with van der Waals surface area (Å²) in [5.41, 5.74) is 2.53. The molecule has 3 rings (SSSR count). The summed E-state index contributed by atoms with van der Waals surface area (Å²) >= 11 is 0. The summed E-state index contributed by atoms with van der Waals surface area (Å²) in [5, 5.41) is 10.7. The minimum atomic E-state index is -0.172. The molecule has 1 aromatic heterocycles. The molecule has 0 bridgehead atoms. The summed E-state index contributed by atoms with van der Waals surface area (Å²) in [4.78, 5) is 4.53. The number of pyridine rings is 1. The zero-order valence-electron chi connectivity index (χ0n) is 11.9. The van der Waals surface area contributed by atoms with Gasteiger partial charge in [0, 0.05) is 17.8 Å². The summed E-state index contributed by atoms with van der Waals surface area (Å²) in [5.74, 6) is 1.69. The first-order valence-electron chi connectivity index (χ1n) is 7.91. The largest absolute Gasteiger partial charge is 0.392 e. The minimum Gasteiger partial charge on any atom is -0.392 e. The first-order valence-corrected chi connectivity index (χ1v) is 7.91. The van der Waals surface area contributed by atoms with Gasteiger partial charge < -0.3 is 5.11 Å². The second kappa shape index (κ2) is 5.62. The lowest BCUT2D eigenvalue weighted by atomic mass is 9.75. The van der Waals surface area contributed by atoms with E-state index in [0.29, 0.717) is 11.8 Å². The second-order valence-electron chi connectivity index (χ2n) is 6.37. The lowest BCUT2D eigenvalue weighted by Gasteiger charge is -2.33. The van der Waals surface area contributed by atoms with E-state index >= 15 is 0 Å². The Kier molecular flexibility index (Phi) is 3.88. The highest BCUT2D eigenvalue weighted by Crippen LogP contribution is 2.41. The highest BCUT2D eigenvalue weighted by molar-refractivity contribution is 5.29. The van der Waals surface area contributed by atoms with Gasteiger partial charge in [-0.05, 0) is 49.1 Å². The Balaban J connectivity index is 1.67. The molecule has 0 aromatic carbocycles. The minimum absolute atomic E-state index is 0.172. The molecule has 104 valence electrons. The normalized spacial score (nSPS) is 32.0. The number of aliphatic hydroxyl groups is 1. The lowest BCUT2D eigenvalue weighted by molar-refractivity contribution is 0.0501. The van der Waals surface area contributed by atoms with Crippen molar-refractivity contribution < 1.29 is 5.11 Å². The number of rotatable bonds is 3. The van der Waals surface area contributed by atoms with Crippen LogP contribution in [0, 0.1) is 11.8 Å². The fourth-order valence-corrected chi connectivity index (χ4v) is 4.04. The highest BCUT2D eigenvalue weighted by Gasteiger charge is 2.35. The SMILES string of the molecule is CCC1CCC(C(O)C2CCc3cccnc32)CC1. The number of nitrogens with zero attached hydrogens (tertiary/aromatic N) is 1. The maximum atomic E-state index is 10.7. The Bertz CT molecular complexity index is 423. The summed E-state index contributed by atoms with van der Waals surface area (Å²) in [7, 11) is 0. The summed E-state index contributed by atoms with van der Waals surface area (Å²) in [6.45, 7) is 2.29. The van der Waals surface area contributed by atoms with Gasteiger partial charge in [-0.25, -0.2) is 0 Å². The topological polar surface area (TPSA) is 33.1 Å². The third kappa shape index (κ3) is 2.55. The van der Waals surface area contributed by atoms with Crippen LogP contribution in [-0.2, 0) is 6.42 Å². The van der Waals surface area contributed by atoms with Crippen molar-refractivity contribution >= 4 is 0 Å². The molecule has 19 heavy (non-hydrogen) atoms. The van der Waals surface area contributed by atoms with Crippen molar-refractivity contribution in [2.24, 2.45) is 11.8 Å². The van der Waals surface area contributed by atoms with Gasteiger partial charge in [-0.1, -0.05) is 32.3 Å². The Morgan fingerprint density at radius 3 is 2.79 bits per heavy atom. The average molecular weight is 259 g/mol. The van der Waals surface area contributed by atoms with E-state index in [9.17, 15) is 5.11 Å². The van der Waals surface area contributed by atoms with Gasteiger partial charge in [0.05, 0.1) is 6.10 Å². The fraction of sp³-hybridized carbons (Fsp3) is 0.706. The smallest absolute Gasteiger partial charge is 0.0652 e. The molecule has 2 atom stereocenters. The predicted octanol–water partition coefficient (Wildman–Crippen LogP) is 3.69. The van der Waals surface area contributed by atoms with Crippen molar-refractivity contribution in [1.29, 1.82) is 0 Å². The molecular weight excluding hydrogens is 234 g/mol. The van der Waals surface area contributed by atoms with Crippen molar-refractivity contribution in [2.45, 2.75) is 63.9 Å². The molecule has 1 heterocycles. The monoisotopic (exact) mass is 259 g/mol. The van der Waals surface area contributed by atoms with Gasteiger partial charge in [-0.2, -0.15) is 0 Å². The molecule has 2 aliphatic rings. The van der Waals surface area contributed by atoms with E-state index in [2.05, 4.69) is 18.0 Å². The molecule has 0 spiro atoms. The van der Waals surface area contributed by atoms with Crippen molar-refractivity contribution in [3.05, 3.63) is 29.6 Å². The van der Waals surface area contributed by atoms with Gasteiger partial charge in [0.15, 0.2) is 0 Å². The number of aryl methyl sites for hydroxylation is 1. The summed E-state index contributed by atoms with van der Waals surface area (Å²) in [6.07, 6.45) is 10.2. The maximum Gasteiger partial charge on any atom is 0.0652 e. The van der Waals surface area contributed by atoms with Crippen LogP contribution in [0.3, 0.4) is 0 Å². The third-order valence-electron chi connectivity index (χ3n) is 5.37. The van der Waals surface area contributed by atoms with E-state index in [0.717, 1.165) is 18.8 Å². The molecule has 0 amide bonds. The second-order valence-corrected chi connectivity index (χ2v) is 6.37. The van der Waals surface area contributed by atoms with Crippen LogP contribution in [0.1, 0.15) is 62.6 Å².